The molecule has 156 valence electrons. The minimum absolute atomic E-state index is 0.0126. The summed E-state index contributed by atoms with van der Waals surface area (Å²) in [5, 5.41) is 9.46. The molecule has 1 spiro atoms. The van der Waals surface area contributed by atoms with Crippen LogP contribution in [0.5, 0.6) is 0 Å². The van der Waals surface area contributed by atoms with Gasteiger partial charge in [0, 0.05) is 37.4 Å². The number of piperidine rings is 1. The van der Waals surface area contributed by atoms with Gasteiger partial charge in [0.05, 0.1) is 22.8 Å². The van der Waals surface area contributed by atoms with Crippen molar-refractivity contribution in [1.82, 2.24) is 9.88 Å². The summed E-state index contributed by atoms with van der Waals surface area (Å²) in [6.45, 7) is 5.93. The number of nitrogens with zero attached hydrogens (tertiary/aromatic N) is 2. The van der Waals surface area contributed by atoms with Gasteiger partial charge in [-0.3, -0.25) is 4.79 Å². The lowest BCUT2D eigenvalue weighted by atomic mass is 9.81. The van der Waals surface area contributed by atoms with Gasteiger partial charge in [0.15, 0.2) is 0 Å². The van der Waals surface area contributed by atoms with Crippen LogP contribution >= 0.6 is 11.3 Å². The average Bonchev–Trinajstić information content (AvgIpc) is 3.14. The highest BCUT2D eigenvalue weighted by Crippen LogP contribution is 2.46. The van der Waals surface area contributed by atoms with Gasteiger partial charge in [-0.2, -0.15) is 0 Å². The van der Waals surface area contributed by atoms with Gasteiger partial charge in [-0.05, 0) is 42.0 Å². The third-order valence-electron chi connectivity index (χ3n) is 6.01. The van der Waals surface area contributed by atoms with Crippen LogP contribution in [0.2, 0.25) is 0 Å². The number of thiophene rings is 1. The molecule has 1 amide bonds. The van der Waals surface area contributed by atoms with E-state index in [2.05, 4.69) is 11.1 Å². The summed E-state index contributed by atoms with van der Waals surface area (Å²) in [6.07, 6.45) is 2.88. The number of pyridine rings is 1. The number of carbonyl (C=O) groups is 1. The highest BCUT2D eigenvalue weighted by molar-refractivity contribution is 7.15. The quantitative estimate of drug-likeness (QED) is 0.801. The van der Waals surface area contributed by atoms with Crippen LogP contribution in [0.15, 0.2) is 24.3 Å². The number of ether oxygens (including phenoxy) is 1. The zero-order chi connectivity index (χ0) is 20.6. The molecule has 0 unspecified atom stereocenters. The van der Waals surface area contributed by atoms with Gasteiger partial charge in [-0.15, -0.1) is 11.3 Å². The number of aliphatic hydroxyl groups is 1. The Labute approximate surface area is 175 Å². The van der Waals surface area contributed by atoms with Crippen molar-refractivity contribution < 1.29 is 14.6 Å². The fourth-order valence-electron chi connectivity index (χ4n) is 4.24. The van der Waals surface area contributed by atoms with Gasteiger partial charge in [0.1, 0.15) is 5.82 Å². The predicted molar refractivity (Wildman–Crippen MR) is 115 cm³/mol. The van der Waals surface area contributed by atoms with E-state index in [1.165, 1.54) is 10.4 Å². The lowest BCUT2D eigenvalue weighted by molar-refractivity contribution is -0.143. The second-order valence-corrected chi connectivity index (χ2v) is 10.0. The first kappa shape index (κ1) is 20.3. The molecular weight excluding hydrogens is 386 g/mol. The topological polar surface area (TPSA) is 88.7 Å². The molecule has 2 aromatic rings. The number of aliphatic hydroxyl groups excluding tert-OH is 1. The number of aromatic nitrogens is 1. The Morgan fingerprint density at radius 1 is 1.38 bits per heavy atom. The van der Waals surface area contributed by atoms with Crippen LogP contribution in [-0.4, -0.2) is 47.2 Å². The van der Waals surface area contributed by atoms with Crippen LogP contribution in [0.1, 0.15) is 43.6 Å². The Bertz CT molecular complexity index is 900. The van der Waals surface area contributed by atoms with Gasteiger partial charge in [0.25, 0.3) is 0 Å². The third-order valence-corrected chi connectivity index (χ3v) is 7.23. The molecule has 4 heterocycles. The van der Waals surface area contributed by atoms with Gasteiger partial charge in [-0.1, -0.05) is 19.9 Å². The summed E-state index contributed by atoms with van der Waals surface area (Å²) in [5.74, 6) is 0.641. The molecule has 29 heavy (non-hydrogen) atoms. The van der Waals surface area contributed by atoms with E-state index in [1.807, 2.05) is 30.9 Å². The van der Waals surface area contributed by atoms with Crippen LogP contribution in [0.25, 0.3) is 10.6 Å². The summed E-state index contributed by atoms with van der Waals surface area (Å²) in [6, 6.07) is 7.94. The Morgan fingerprint density at radius 3 is 2.83 bits per heavy atom. The molecule has 3 N–H and O–H groups in total. The van der Waals surface area contributed by atoms with Crippen molar-refractivity contribution in [2.24, 2.45) is 5.41 Å². The largest absolute Gasteiger partial charge is 0.396 e. The predicted octanol–water partition coefficient (Wildman–Crippen LogP) is 3.19. The van der Waals surface area contributed by atoms with Crippen LogP contribution in [0.4, 0.5) is 5.82 Å². The van der Waals surface area contributed by atoms with Crippen molar-refractivity contribution in [3.8, 4) is 10.6 Å². The lowest BCUT2D eigenvalue weighted by Gasteiger charge is -2.44. The second-order valence-electron chi connectivity index (χ2n) is 8.87. The summed E-state index contributed by atoms with van der Waals surface area (Å²) >= 11 is 1.78. The number of nitrogen functional groups attached to an aromatic ring is 1. The van der Waals surface area contributed by atoms with Crippen LogP contribution in [0, 0.1) is 5.41 Å². The zero-order valence-corrected chi connectivity index (χ0v) is 17.9. The van der Waals surface area contributed by atoms with E-state index < -0.39 is 0 Å². The minimum Gasteiger partial charge on any atom is -0.396 e. The van der Waals surface area contributed by atoms with Crippen molar-refractivity contribution in [3.63, 3.8) is 0 Å². The Morgan fingerprint density at radius 2 is 2.14 bits per heavy atom. The maximum atomic E-state index is 12.7. The highest BCUT2D eigenvalue weighted by atomic mass is 32.1. The lowest BCUT2D eigenvalue weighted by Crippen LogP contribution is -2.48. The van der Waals surface area contributed by atoms with E-state index in [0.29, 0.717) is 31.9 Å². The molecule has 0 bridgehead atoms. The molecule has 1 fully saturated rings. The fraction of sp³-hybridized carbons (Fsp3) is 0.545. The van der Waals surface area contributed by atoms with Crippen molar-refractivity contribution in [3.05, 3.63) is 34.7 Å². The van der Waals surface area contributed by atoms with E-state index in [-0.39, 0.29) is 23.5 Å². The summed E-state index contributed by atoms with van der Waals surface area (Å²) in [5.41, 5.74) is 7.33. The average molecular weight is 416 g/mol. The number of anilines is 1. The Balaban J connectivity index is 1.52. The Kier molecular flexibility index (Phi) is 5.40. The summed E-state index contributed by atoms with van der Waals surface area (Å²) in [7, 11) is 0. The zero-order valence-electron chi connectivity index (χ0n) is 17.1. The summed E-state index contributed by atoms with van der Waals surface area (Å²) in [4.78, 5) is 21.5. The maximum Gasteiger partial charge on any atom is 0.223 e. The SMILES string of the molecule is CC(C)(CO)CC(=O)N1CCC2(CC1)OCCc1sc(-c3cccc(N)n3)cc12. The van der Waals surface area contributed by atoms with Crippen LogP contribution < -0.4 is 5.73 Å². The Hall–Kier alpha value is -1.96. The molecule has 2 aliphatic heterocycles. The molecule has 4 rings (SSSR count). The van der Waals surface area contributed by atoms with Crippen molar-refractivity contribution in [2.75, 3.05) is 32.0 Å². The molecule has 6 nitrogen and oxygen atoms in total. The number of hydrogen-bond donors (Lipinski definition) is 2. The molecule has 1 saturated heterocycles. The highest BCUT2D eigenvalue weighted by Gasteiger charge is 2.43. The standard InChI is InChI=1S/C22H29N3O3S/c1-21(2,14-26)13-20(27)25-9-7-22(8-10-25)15-12-18(29-17(15)6-11-28-22)16-4-3-5-19(23)24-16/h3-5,12,26H,6-11,13-14H2,1-2H3,(H2,23,24). The van der Waals surface area contributed by atoms with Gasteiger partial charge in [-0.25, -0.2) is 4.98 Å². The molecule has 0 saturated carbocycles. The number of rotatable bonds is 4. The summed E-state index contributed by atoms with van der Waals surface area (Å²) < 4.78 is 6.34. The number of nitrogens with two attached hydrogens (primary N) is 1. The first-order chi connectivity index (χ1) is 13.8. The van der Waals surface area contributed by atoms with E-state index in [0.717, 1.165) is 29.8 Å². The number of carbonyl (C=O) groups excluding carboxylic acids is 1. The monoisotopic (exact) mass is 415 g/mol. The van der Waals surface area contributed by atoms with E-state index in [9.17, 15) is 9.90 Å². The third kappa shape index (κ3) is 4.04. The number of amides is 1. The molecule has 0 aromatic carbocycles. The normalized spacial score (nSPS) is 18.7. The maximum absolute atomic E-state index is 12.7. The second kappa shape index (κ2) is 7.70. The number of likely N-dealkylation sites (tertiary alicyclic amines) is 1. The van der Waals surface area contributed by atoms with Crippen molar-refractivity contribution >= 4 is 23.1 Å². The number of fused-ring (bicyclic) bond motifs is 2. The van der Waals surface area contributed by atoms with E-state index >= 15 is 0 Å². The smallest absolute Gasteiger partial charge is 0.223 e. The molecule has 2 aliphatic rings. The van der Waals surface area contributed by atoms with Crippen molar-refractivity contribution in [2.45, 2.75) is 45.1 Å². The van der Waals surface area contributed by atoms with Crippen LogP contribution in [-0.2, 0) is 21.6 Å². The van der Waals surface area contributed by atoms with Gasteiger partial charge in [0.2, 0.25) is 5.91 Å². The van der Waals surface area contributed by atoms with E-state index in [4.69, 9.17) is 10.5 Å². The van der Waals surface area contributed by atoms with Gasteiger partial charge < -0.3 is 20.5 Å². The molecule has 2 aromatic heterocycles. The fourth-order valence-corrected chi connectivity index (χ4v) is 5.44. The first-order valence-corrected chi connectivity index (χ1v) is 11.0. The first-order valence-electron chi connectivity index (χ1n) is 10.2. The van der Waals surface area contributed by atoms with Crippen LogP contribution in [0.3, 0.4) is 0 Å². The molecular formula is C22H29N3O3S. The van der Waals surface area contributed by atoms with Crippen molar-refractivity contribution in [1.29, 1.82) is 0 Å². The minimum atomic E-state index is -0.381. The van der Waals surface area contributed by atoms with E-state index in [1.54, 1.807) is 17.4 Å². The number of hydrogen-bond acceptors (Lipinski definition) is 6. The molecule has 0 atom stereocenters. The molecule has 0 radical (unpaired) electrons. The molecule has 0 aliphatic carbocycles. The molecule has 7 heteroatoms. The van der Waals surface area contributed by atoms with Gasteiger partial charge >= 0.3 is 0 Å².